The molecule has 3 nitrogen and oxygen atoms in total. The van der Waals surface area contributed by atoms with E-state index in [0.29, 0.717) is 5.92 Å². The molecular weight excluding hydrogens is 174 g/mol. The number of hydrogen-bond donors (Lipinski definition) is 1. The highest BCUT2D eigenvalue weighted by molar-refractivity contribution is 5.39. The highest BCUT2D eigenvalue weighted by atomic mass is 15.1. The molecule has 0 amide bonds. The summed E-state index contributed by atoms with van der Waals surface area (Å²) in [5, 5.41) is 0. The van der Waals surface area contributed by atoms with Gasteiger partial charge in [-0.3, -0.25) is 0 Å². The highest BCUT2D eigenvalue weighted by Crippen LogP contribution is 2.40. The lowest BCUT2D eigenvalue weighted by molar-refractivity contribution is 0.776. The van der Waals surface area contributed by atoms with E-state index in [-0.39, 0.29) is 0 Å². The molecule has 0 aromatic carbocycles. The monoisotopic (exact) mass is 193 g/mol. The minimum Gasteiger partial charge on any atom is -0.384 e. The summed E-state index contributed by atoms with van der Waals surface area (Å²) >= 11 is 0. The SMILES string of the molecule is CCCCc1nc(C2CC2)n(C)c1N. The van der Waals surface area contributed by atoms with E-state index in [1.54, 1.807) is 0 Å². The predicted molar refractivity (Wildman–Crippen MR) is 58.2 cm³/mol. The van der Waals surface area contributed by atoms with Crippen LogP contribution in [0.3, 0.4) is 0 Å². The van der Waals surface area contributed by atoms with Crippen LogP contribution in [-0.4, -0.2) is 9.55 Å². The van der Waals surface area contributed by atoms with Gasteiger partial charge in [0.05, 0.1) is 5.69 Å². The van der Waals surface area contributed by atoms with E-state index >= 15 is 0 Å². The summed E-state index contributed by atoms with van der Waals surface area (Å²) in [6, 6.07) is 0. The maximum atomic E-state index is 6.01. The molecule has 1 saturated carbocycles. The molecule has 0 bridgehead atoms. The minimum atomic E-state index is 0.692. The summed E-state index contributed by atoms with van der Waals surface area (Å²) in [6.07, 6.45) is 6.00. The number of anilines is 1. The molecule has 2 N–H and O–H groups in total. The van der Waals surface area contributed by atoms with E-state index in [4.69, 9.17) is 5.73 Å². The number of nitrogens with zero attached hydrogens (tertiary/aromatic N) is 2. The Hall–Kier alpha value is -0.990. The molecule has 1 heterocycles. The van der Waals surface area contributed by atoms with Gasteiger partial charge in [0.1, 0.15) is 11.6 Å². The number of nitrogens with two attached hydrogens (primary N) is 1. The zero-order chi connectivity index (χ0) is 10.1. The molecule has 0 aliphatic heterocycles. The predicted octanol–water partition coefficient (Wildman–Crippen LogP) is 2.22. The van der Waals surface area contributed by atoms with E-state index in [9.17, 15) is 0 Å². The second-order valence-corrected chi connectivity index (χ2v) is 4.24. The van der Waals surface area contributed by atoms with Crippen LogP contribution in [0.1, 0.15) is 50.0 Å². The van der Waals surface area contributed by atoms with Crippen LogP contribution in [-0.2, 0) is 13.5 Å². The largest absolute Gasteiger partial charge is 0.384 e. The molecule has 1 aromatic heterocycles. The Balaban J connectivity index is 2.18. The van der Waals surface area contributed by atoms with Crippen LogP contribution in [0.15, 0.2) is 0 Å². The Kier molecular flexibility index (Phi) is 2.48. The van der Waals surface area contributed by atoms with Gasteiger partial charge in [-0.1, -0.05) is 13.3 Å². The molecule has 1 aromatic rings. The van der Waals surface area contributed by atoms with Crippen molar-refractivity contribution in [3.63, 3.8) is 0 Å². The fourth-order valence-electron chi connectivity index (χ4n) is 1.82. The van der Waals surface area contributed by atoms with E-state index < -0.39 is 0 Å². The molecule has 3 heteroatoms. The van der Waals surface area contributed by atoms with Crippen LogP contribution in [0, 0.1) is 0 Å². The molecule has 0 atom stereocenters. The molecule has 14 heavy (non-hydrogen) atoms. The lowest BCUT2D eigenvalue weighted by Crippen LogP contribution is -2.01. The van der Waals surface area contributed by atoms with Crippen molar-refractivity contribution in [2.75, 3.05) is 5.73 Å². The number of aromatic nitrogens is 2. The summed E-state index contributed by atoms with van der Waals surface area (Å²) < 4.78 is 2.07. The smallest absolute Gasteiger partial charge is 0.126 e. The standard InChI is InChI=1S/C11H19N3/c1-3-4-5-9-10(12)14(2)11(13-9)8-6-7-8/h8H,3-7,12H2,1-2H3. The zero-order valence-corrected chi connectivity index (χ0v) is 9.08. The van der Waals surface area contributed by atoms with Crippen molar-refractivity contribution in [1.29, 1.82) is 0 Å². The number of nitrogen functional groups attached to an aromatic ring is 1. The van der Waals surface area contributed by atoms with Gasteiger partial charge in [-0.05, 0) is 25.7 Å². The lowest BCUT2D eigenvalue weighted by atomic mass is 10.2. The van der Waals surface area contributed by atoms with Gasteiger partial charge in [-0.25, -0.2) is 4.98 Å². The number of unbranched alkanes of at least 4 members (excludes halogenated alkanes) is 1. The van der Waals surface area contributed by atoms with Gasteiger partial charge in [-0.15, -0.1) is 0 Å². The van der Waals surface area contributed by atoms with Crippen LogP contribution in [0.4, 0.5) is 5.82 Å². The Morgan fingerprint density at radius 2 is 2.21 bits per heavy atom. The maximum absolute atomic E-state index is 6.01. The number of aryl methyl sites for hydroxylation is 1. The molecule has 1 aliphatic carbocycles. The fourth-order valence-corrected chi connectivity index (χ4v) is 1.82. The van der Waals surface area contributed by atoms with Gasteiger partial charge < -0.3 is 10.3 Å². The second-order valence-electron chi connectivity index (χ2n) is 4.24. The van der Waals surface area contributed by atoms with Gasteiger partial charge in [0.2, 0.25) is 0 Å². The first-order valence-corrected chi connectivity index (χ1v) is 5.55. The summed E-state index contributed by atoms with van der Waals surface area (Å²) in [6.45, 7) is 2.20. The molecule has 1 aliphatic rings. The normalized spacial score (nSPS) is 16.1. The third-order valence-corrected chi connectivity index (χ3v) is 2.96. The Morgan fingerprint density at radius 1 is 1.50 bits per heavy atom. The van der Waals surface area contributed by atoms with Crippen molar-refractivity contribution >= 4 is 5.82 Å². The quantitative estimate of drug-likeness (QED) is 0.796. The number of imidazole rings is 1. The van der Waals surface area contributed by atoms with Gasteiger partial charge in [0.15, 0.2) is 0 Å². The lowest BCUT2D eigenvalue weighted by Gasteiger charge is -2.00. The summed E-state index contributed by atoms with van der Waals surface area (Å²) in [5.41, 5.74) is 7.12. The van der Waals surface area contributed by atoms with Crippen molar-refractivity contribution < 1.29 is 0 Å². The fraction of sp³-hybridized carbons (Fsp3) is 0.727. The van der Waals surface area contributed by atoms with Crippen LogP contribution in [0.25, 0.3) is 0 Å². The summed E-state index contributed by atoms with van der Waals surface area (Å²) in [7, 11) is 2.03. The van der Waals surface area contributed by atoms with E-state index in [1.807, 2.05) is 7.05 Å². The van der Waals surface area contributed by atoms with E-state index in [1.165, 1.54) is 31.5 Å². The number of rotatable bonds is 4. The van der Waals surface area contributed by atoms with Crippen molar-refractivity contribution in [3.8, 4) is 0 Å². The van der Waals surface area contributed by atoms with Gasteiger partial charge >= 0.3 is 0 Å². The van der Waals surface area contributed by atoms with Crippen molar-refractivity contribution in [3.05, 3.63) is 11.5 Å². The summed E-state index contributed by atoms with van der Waals surface area (Å²) in [5.74, 6) is 2.77. The van der Waals surface area contributed by atoms with Gasteiger partial charge in [0.25, 0.3) is 0 Å². The van der Waals surface area contributed by atoms with Gasteiger partial charge in [0, 0.05) is 13.0 Å². The molecule has 0 spiro atoms. The minimum absolute atomic E-state index is 0.692. The molecule has 0 radical (unpaired) electrons. The molecule has 2 rings (SSSR count). The molecule has 0 unspecified atom stereocenters. The Labute approximate surface area is 85.3 Å². The Bertz CT molecular complexity index is 324. The third kappa shape index (κ3) is 1.63. The first kappa shape index (κ1) is 9.56. The van der Waals surface area contributed by atoms with E-state index in [0.717, 1.165) is 17.9 Å². The Morgan fingerprint density at radius 3 is 2.79 bits per heavy atom. The number of hydrogen-bond acceptors (Lipinski definition) is 2. The topological polar surface area (TPSA) is 43.8 Å². The molecular formula is C11H19N3. The first-order chi connectivity index (χ1) is 6.74. The van der Waals surface area contributed by atoms with E-state index in [2.05, 4.69) is 16.5 Å². The summed E-state index contributed by atoms with van der Waals surface area (Å²) in [4.78, 5) is 4.65. The zero-order valence-electron chi connectivity index (χ0n) is 9.08. The first-order valence-electron chi connectivity index (χ1n) is 5.55. The van der Waals surface area contributed by atoms with Crippen LogP contribution in [0.5, 0.6) is 0 Å². The molecule has 1 fully saturated rings. The highest BCUT2D eigenvalue weighted by Gasteiger charge is 2.29. The average molecular weight is 193 g/mol. The van der Waals surface area contributed by atoms with Crippen molar-refractivity contribution in [2.45, 2.75) is 44.9 Å². The second kappa shape index (κ2) is 3.64. The molecule has 78 valence electrons. The average Bonchev–Trinajstić information content (AvgIpc) is 2.96. The van der Waals surface area contributed by atoms with Crippen LogP contribution in [0.2, 0.25) is 0 Å². The van der Waals surface area contributed by atoms with Crippen LogP contribution >= 0.6 is 0 Å². The molecule has 0 saturated heterocycles. The third-order valence-electron chi connectivity index (χ3n) is 2.96. The van der Waals surface area contributed by atoms with Crippen molar-refractivity contribution in [1.82, 2.24) is 9.55 Å². The maximum Gasteiger partial charge on any atom is 0.126 e. The van der Waals surface area contributed by atoms with Gasteiger partial charge in [-0.2, -0.15) is 0 Å². The van der Waals surface area contributed by atoms with Crippen LogP contribution < -0.4 is 5.73 Å². The van der Waals surface area contributed by atoms with Crippen molar-refractivity contribution in [2.24, 2.45) is 7.05 Å².